The second-order valence-corrected chi connectivity index (χ2v) is 8.05. The molecule has 2 heterocycles. The molecule has 1 aliphatic heterocycles. The summed E-state index contributed by atoms with van der Waals surface area (Å²) in [5, 5.41) is 4.18. The van der Waals surface area contributed by atoms with Crippen LogP contribution in [0.15, 0.2) is 77.6 Å². The van der Waals surface area contributed by atoms with Crippen LogP contribution in [-0.4, -0.2) is 22.9 Å². The van der Waals surface area contributed by atoms with Crippen molar-refractivity contribution in [2.24, 2.45) is 0 Å². The minimum absolute atomic E-state index is 0.0267. The fourth-order valence-corrected chi connectivity index (χ4v) is 4.40. The molecule has 0 radical (unpaired) electrons. The van der Waals surface area contributed by atoms with Crippen LogP contribution in [0.2, 0.25) is 0 Å². The second kappa shape index (κ2) is 8.30. The van der Waals surface area contributed by atoms with Crippen molar-refractivity contribution in [3.05, 3.63) is 88.6 Å². The first-order valence-electron chi connectivity index (χ1n) is 10.8. The van der Waals surface area contributed by atoms with Crippen LogP contribution in [0.5, 0.6) is 0 Å². The van der Waals surface area contributed by atoms with Crippen molar-refractivity contribution in [1.29, 1.82) is 0 Å². The average molecular weight is 425 g/mol. The van der Waals surface area contributed by atoms with Gasteiger partial charge in [0.05, 0.1) is 11.0 Å². The van der Waals surface area contributed by atoms with Crippen molar-refractivity contribution < 1.29 is 9.59 Å². The lowest BCUT2D eigenvalue weighted by molar-refractivity contribution is -0.121. The zero-order valence-electron chi connectivity index (χ0n) is 17.6. The van der Waals surface area contributed by atoms with Gasteiger partial charge in [0, 0.05) is 36.0 Å². The Morgan fingerprint density at radius 2 is 1.56 bits per heavy atom. The Hall–Kier alpha value is -3.93. The van der Waals surface area contributed by atoms with Crippen LogP contribution in [0, 0.1) is 0 Å². The number of anilines is 1. The first kappa shape index (κ1) is 20.0. The molecule has 1 aromatic heterocycles. The number of para-hydroxylation sites is 2. The molecule has 1 N–H and O–H groups in total. The quantitative estimate of drug-likeness (QED) is 0.497. The minimum atomic E-state index is -0.147. The molecule has 160 valence electrons. The van der Waals surface area contributed by atoms with Gasteiger partial charge in [-0.25, -0.2) is 0 Å². The van der Waals surface area contributed by atoms with Gasteiger partial charge in [-0.15, -0.1) is 0 Å². The van der Waals surface area contributed by atoms with Gasteiger partial charge in [0.1, 0.15) is 6.54 Å². The number of carbonyl (C=O) groups excluding carboxylic acids is 2. The van der Waals surface area contributed by atoms with Crippen LogP contribution in [-0.2, 0) is 22.7 Å². The number of aromatic nitrogens is 1. The molecule has 4 aromatic rings. The summed E-state index contributed by atoms with van der Waals surface area (Å²) < 4.78 is 1.89. The zero-order chi connectivity index (χ0) is 22.1. The van der Waals surface area contributed by atoms with Gasteiger partial charge in [0.25, 0.3) is 0 Å². The normalized spacial score (nSPS) is 13.8. The summed E-state index contributed by atoms with van der Waals surface area (Å²) in [7, 11) is 0. The van der Waals surface area contributed by atoms with E-state index in [0.29, 0.717) is 23.7 Å². The predicted octanol–water partition coefficient (Wildman–Crippen LogP) is 3.60. The second-order valence-electron chi connectivity index (χ2n) is 8.05. The van der Waals surface area contributed by atoms with E-state index < -0.39 is 0 Å². The molecule has 2 amide bonds. The molecule has 0 bridgehead atoms. The largest absolute Gasteiger partial charge is 0.350 e. The minimum Gasteiger partial charge on any atom is -0.350 e. The molecule has 1 aliphatic rings. The third-order valence-corrected chi connectivity index (χ3v) is 5.97. The van der Waals surface area contributed by atoms with E-state index in [1.54, 1.807) is 17.0 Å². The van der Waals surface area contributed by atoms with E-state index in [1.165, 1.54) is 0 Å². The van der Waals surface area contributed by atoms with Gasteiger partial charge < -0.3 is 14.8 Å². The van der Waals surface area contributed by atoms with Crippen LogP contribution in [0.25, 0.3) is 21.8 Å². The first-order valence-corrected chi connectivity index (χ1v) is 10.8. The summed E-state index contributed by atoms with van der Waals surface area (Å²) in [6.45, 7) is 1.21. The van der Waals surface area contributed by atoms with Crippen LogP contribution < -0.4 is 15.6 Å². The molecule has 0 unspecified atom stereocenters. The van der Waals surface area contributed by atoms with Crippen molar-refractivity contribution in [1.82, 2.24) is 9.88 Å². The molecule has 1 saturated heterocycles. The third kappa shape index (κ3) is 3.64. The van der Waals surface area contributed by atoms with E-state index in [1.807, 2.05) is 65.2 Å². The summed E-state index contributed by atoms with van der Waals surface area (Å²) >= 11 is 0. The smallest absolute Gasteiger partial charge is 0.240 e. The SMILES string of the molecule is O=C(Cn1c2ccccc2c(=O)c2ccccc21)NCc1cccc(N2CCCC2=O)c1. The van der Waals surface area contributed by atoms with Crippen LogP contribution in [0.1, 0.15) is 18.4 Å². The van der Waals surface area contributed by atoms with Gasteiger partial charge in [-0.05, 0) is 48.4 Å². The molecule has 0 atom stereocenters. The van der Waals surface area contributed by atoms with Gasteiger partial charge in [-0.1, -0.05) is 36.4 Å². The molecule has 32 heavy (non-hydrogen) atoms. The molecule has 5 rings (SSSR count). The van der Waals surface area contributed by atoms with Crippen LogP contribution >= 0.6 is 0 Å². The summed E-state index contributed by atoms with van der Waals surface area (Å²) in [5.41, 5.74) is 3.25. The highest BCUT2D eigenvalue weighted by Crippen LogP contribution is 2.22. The number of carbonyl (C=O) groups is 2. The summed E-state index contributed by atoms with van der Waals surface area (Å²) in [6, 6.07) is 22.5. The highest BCUT2D eigenvalue weighted by Gasteiger charge is 2.21. The van der Waals surface area contributed by atoms with E-state index in [0.717, 1.165) is 35.2 Å². The maximum atomic E-state index is 12.9. The van der Waals surface area contributed by atoms with Gasteiger partial charge in [0.15, 0.2) is 5.43 Å². The van der Waals surface area contributed by atoms with Crippen molar-refractivity contribution in [3.8, 4) is 0 Å². The molecule has 0 spiro atoms. The molecule has 6 nitrogen and oxygen atoms in total. The first-order chi connectivity index (χ1) is 15.6. The fraction of sp³-hybridized carbons (Fsp3) is 0.192. The van der Waals surface area contributed by atoms with Crippen LogP contribution in [0.3, 0.4) is 0 Å². The van der Waals surface area contributed by atoms with Crippen molar-refractivity contribution >= 4 is 39.3 Å². The lowest BCUT2D eigenvalue weighted by atomic mass is 10.1. The van der Waals surface area contributed by atoms with E-state index in [9.17, 15) is 14.4 Å². The number of nitrogens with zero attached hydrogens (tertiary/aromatic N) is 2. The van der Waals surface area contributed by atoms with Crippen molar-refractivity contribution in [2.75, 3.05) is 11.4 Å². The number of fused-ring (bicyclic) bond motifs is 2. The number of pyridine rings is 1. The number of hydrogen-bond donors (Lipinski definition) is 1. The van der Waals surface area contributed by atoms with E-state index in [4.69, 9.17) is 0 Å². The lowest BCUT2D eigenvalue weighted by Crippen LogP contribution is -2.28. The standard InChI is InChI=1S/C26H23N3O3/c30-24(27-16-18-7-5-8-19(15-18)28-14-6-13-25(28)31)17-29-22-11-3-1-9-20(22)26(32)21-10-2-4-12-23(21)29/h1-5,7-12,15H,6,13-14,16-17H2,(H,27,30). The summed E-state index contributed by atoms with van der Waals surface area (Å²) in [5.74, 6) is -0.00484. The third-order valence-electron chi connectivity index (χ3n) is 5.97. The van der Waals surface area contributed by atoms with Gasteiger partial charge in [-0.2, -0.15) is 0 Å². The van der Waals surface area contributed by atoms with E-state index in [2.05, 4.69) is 5.32 Å². The molecule has 1 fully saturated rings. The van der Waals surface area contributed by atoms with E-state index >= 15 is 0 Å². The Labute approximate surface area is 185 Å². The Morgan fingerprint density at radius 3 is 2.22 bits per heavy atom. The Morgan fingerprint density at radius 1 is 0.875 bits per heavy atom. The molecular weight excluding hydrogens is 402 g/mol. The molecule has 3 aromatic carbocycles. The molecule has 6 heteroatoms. The maximum Gasteiger partial charge on any atom is 0.240 e. The lowest BCUT2D eigenvalue weighted by Gasteiger charge is -2.17. The Bertz CT molecular complexity index is 1350. The number of rotatable bonds is 5. The number of benzene rings is 3. The fourth-order valence-electron chi connectivity index (χ4n) is 4.40. The zero-order valence-corrected chi connectivity index (χ0v) is 17.6. The topological polar surface area (TPSA) is 71.4 Å². The monoisotopic (exact) mass is 425 g/mol. The summed E-state index contributed by atoms with van der Waals surface area (Å²) in [4.78, 5) is 39.6. The predicted molar refractivity (Wildman–Crippen MR) is 126 cm³/mol. The van der Waals surface area contributed by atoms with E-state index in [-0.39, 0.29) is 23.8 Å². The highest BCUT2D eigenvalue weighted by molar-refractivity contribution is 5.96. The molecule has 0 aliphatic carbocycles. The highest BCUT2D eigenvalue weighted by atomic mass is 16.2. The number of hydrogen-bond acceptors (Lipinski definition) is 3. The average Bonchev–Trinajstić information content (AvgIpc) is 3.26. The van der Waals surface area contributed by atoms with Gasteiger partial charge in [-0.3, -0.25) is 14.4 Å². The summed E-state index contributed by atoms with van der Waals surface area (Å²) in [6.07, 6.45) is 1.46. The van der Waals surface area contributed by atoms with Crippen molar-refractivity contribution in [2.45, 2.75) is 25.9 Å². The Kier molecular flexibility index (Phi) is 5.19. The number of amides is 2. The maximum absolute atomic E-state index is 12.9. The van der Waals surface area contributed by atoms with Crippen LogP contribution in [0.4, 0.5) is 5.69 Å². The molecule has 0 saturated carbocycles. The van der Waals surface area contributed by atoms with Gasteiger partial charge >= 0.3 is 0 Å². The molecular formula is C26H23N3O3. The number of nitrogens with one attached hydrogen (secondary N) is 1. The van der Waals surface area contributed by atoms with Gasteiger partial charge in [0.2, 0.25) is 11.8 Å². The Balaban J connectivity index is 1.39. The van der Waals surface area contributed by atoms with Crippen molar-refractivity contribution in [3.63, 3.8) is 0 Å².